The minimum Gasteiger partial charge on any atom is -0.479 e. The van der Waals surface area contributed by atoms with Crippen molar-refractivity contribution in [2.45, 2.75) is 65.8 Å². The van der Waals surface area contributed by atoms with Crippen LogP contribution >= 0.6 is 11.6 Å². The predicted molar refractivity (Wildman–Crippen MR) is 148 cm³/mol. The fourth-order valence-corrected chi connectivity index (χ4v) is 5.54. The minimum absolute atomic E-state index is 0.270. The van der Waals surface area contributed by atoms with E-state index in [0.29, 0.717) is 10.6 Å². The number of anilines is 1. The van der Waals surface area contributed by atoms with Gasteiger partial charge in [-0.15, -0.1) is 0 Å². The summed E-state index contributed by atoms with van der Waals surface area (Å²) < 4.78 is 8.64. The molecule has 0 spiro atoms. The maximum Gasteiger partial charge on any atom is 0.337 e. The zero-order valence-electron chi connectivity index (χ0n) is 22.6. The summed E-state index contributed by atoms with van der Waals surface area (Å²) in [5.74, 6) is -0.991. The van der Waals surface area contributed by atoms with Gasteiger partial charge in [-0.2, -0.15) is 0 Å². The monoisotopic (exact) mass is 511 g/mol. The summed E-state index contributed by atoms with van der Waals surface area (Å²) in [4.78, 5) is 17.4. The molecule has 194 valence electrons. The zero-order chi connectivity index (χ0) is 26.5. The average Bonchev–Trinajstić information content (AvgIpc) is 3.09. The third kappa shape index (κ3) is 4.86. The highest BCUT2D eigenvalue weighted by atomic mass is 35.5. The summed E-state index contributed by atoms with van der Waals surface area (Å²) >= 11 is 6.24. The largest absolute Gasteiger partial charge is 0.479 e. The van der Waals surface area contributed by atoms with E-state index >= 15 is 0 Å². The number of aryl methyl sites for hydroxylation is 1. The molecule has 4 rings (SSSR count). The lowest BCUT2D eigenvalue weighted by molar-refractivity contribution is -0.160. The minimum atomic E-state index is -1.12. The summed E-state index contributed by atoms with van der Waals surface area (Å²) in [7, 11) is 4.16. The smallest absolute Gasteiger partial charge is 0.337 e. The number of rotatable bonds is 7. The van der Waals surface area contributed by atoms with Gasteiger partial charge in [-0.25, -0.2) is 4.79 Å². The molecule has 1 N–H and O–H groups in total. The summed E-state index contributed by atoms with van der Waals surface area (Å²) in [6.45, 7) is 14.8. The normalized spacial score (nSPS) is 16.7. The van der Waals surface area contributed by atoms with E-state index in [1.807, 2.05) is 45.0 Å². The molecule has 0 radical (unpaired) electrons. The molecule has 1 aromatic heterocycles. The lowest BCUT2D eigenvalue weighted by Gasteiger charge is -2.40. The van der Waals surface area contributed by atoms with E-state index in [2.05, 4.69) is 55.3 Å². The lowest BCUT2D eigenvalue weighted by atomic mass is 9.86. The summed E-state index contributed by atoms with van der Waals surface area (Å²) in [6.07, 6.45) is -1.12. The molecule has 2 aromatic carbocycles. The van der Waals surface area contributed by atoms with E-state index in [9.17, 15) is 9.90 Å². The van der Waals surface area contributed by atoms with Crippen molar-refractivity contribution in [2.75, 3.05) is 32.1 Å². The molecule has 0 fully saturated rings. The molecule has 0 saturated heterocycles. The SMILES string of the molecule is Cc1c([C@H](OC(C)(C)C)C(=O)O)c(-c2ccc(Cl)cc2)c2cc(C)n3c2c1N(CCN(C)C)[C@H](C)C3. The number of carbonyl (C=O) groups is 1. The van der Waals surface area contributed by atoms with Crippen molar-refractivity contribution < 1.29 is 14.6 Å². The van der Waals surface area contributed by atoms with E-state index in [1.54, 1.807) is 0 Å². The molecule has 3 aromatic rings. The second-order valence-corrected chi connectivity index (χ2v) is 11.7. The topological polar surface area (TPSA) is 57.9 Å². The Kier molecular flexibility index (Phi) is 7.17. The first-order valence-electron chi connectivity index (χ1n) is 12.5. The molecular formula is C29H38ClN3O3. The van der Waals surface area contributed by atoms with Crippen LogP contribution in [0.3, 0.4) is 0 Å². The van der Waals surface area contributed by atoms with Gasteiger partial charge in [0, 0.05) is 47.3 Å². The van der Waals surface area contributed by atoms with Crippen LogP contribution < -0.4 is 4.90 Å². The Hall–Kier alpha value is -2.54. The Morgan fingerprint density at radius 1 is 1.22 bits per heavy atom. The molecular weight excluding hydrogens is 474 g/mol. The zero-order valence-corrected chi connectivity index (χ0v) is 23.4. The van der Waals surface area contributed by atoms with Crippen LogP contribution in [0.2, 0.25) is 5.02 Å². The van der Waals surface area contributed by atoms with Gasteiger partial charge in [0.2, 0.25) is 0 Å². The maximum atomic E-state index is 12.8. The van der Waals surface area contributed by atoms with Crippen LogP contribution in [-0.2, 0) is 16.1 Å². The molecule has 2 atom stereocenters. The van der Waals surface area contributed by atoms with Gasteiger partial charge in [-0.1, -0.05) is 23.7 Å². The average molecular weight is 512 g/mol. The Labute approximate surface area is 219 Å². The van der Waals surface area contributed by atoms with Crippen molar-refractivity contribution in [3.05, 3.63) is 52.2 Å². The molecule has 6 nitrogen and oxygen atoms in total. The van der Waals surface area contributed by atoms with Gasteiger partial charge in [0.25, 0.3) is 0 Å². The van der Waals surface area contributed by atoms with Crippen molar-refractivity contribution in [1.29, 1.82) is 0 Å². The van der Waals surface area contributed by atoms with Gasteiger partial charge in [-0.05, 0) is 90.5 Å². The van der Waals surface area contributed by atoms with E-state index in [0.717, 1.165) is 52.9 Å². The van der Waals surface area contributed by atoms with Crippen LogP contribution in [0.4, 0.5) is 5.69 Å². The number of carboxylic acid groups (broad SMARTS) is 1. The number of hydrogen-bond donors (Lipinski definition) is 1. The molecule has 1 aliphatic rings. The number of aromatic nitrogens is 1. The van der Waals surface area contributed by atoms with E-state index in [-0.39, 0.29) is 6.04 Å². The standard InChI is InChI=1S/C29H38ClN3O3/c1-17-15-22-24(20-9-11-21(30)12-10-20)23(27(28(34)35)36-29(4,5)6)19(3)25-26(22)33(17)16-18(2)32(25)14-13-31(7)8/h9-12,15,18,27H,13-14,16H2,1-8H3,(H,34,35)/t18-,27+/m1/s1. The molecule has 0 aliphatic carbocycles. The first-order valence-corrected chi connectivity index (χ1v) is 12.9. The first kappa shape index (κ1) is 26.5. The Bertz CT molecular complexity index is 1290. The molecule has 1 aliphatic heterocycles. The van der Waals surface area contributed by atoms with Crippen LogP contribution in [0.25, 0.3) is 22.0 Å². The van der Waals surface area contributed by atoms with Crippen molar-refractivity contribution in [1.82, 2.24) is 9.47 Å². The van der Waals surface area contributed by atoms with Crippen LogP contribution in [-0.4, -0.2) is 59.4 Å². The number of ether oxygens (including phenoxy) is 1. The van der Waals surface area contributed by atoms with Gasteiger partial charge in [-0.3, -0.25) is 0 Å². The van der Waals surface area contributed by atoms with E-state index in [4.69, 9.17) is 16.3 Å². The summed E-state index contributed by atoms with van der Waals surface area (Å²) in [5.41, 5.74) is 6.30. The second kappa shape index (κ2) is 9.73. The number of hydrogen-bond acceptors (Lipinski definition) is 4. The van der Waals surface area contributed by atoms with Gasteiger partial charge in [0.15, 0.2) is 6.10 Å². The van der Waals surface area contributed by atoms with Crippen molar-refractivity contribution >= 4 is 34.2 Å². The fraction of sp³-hybridized carbons (Fsp3) is 0.483. The third-order valence-electron chi connectivity index (χ3n) is 6.97. The van der Waals surface area contributed by atoms with Crippen LogP contribution in [0.5, 0.6) is 0 Å². The Morgan fingerprint density at radius 3 is 2.42 bits per heavy atom. The molecule has 0 unspecified atom stereocenters. The number of aliphatic carboxylic acids is 1. The molecule has 0 saturated carbocycles. The Balaban J connectivity index is 2.12. The van der Waals surface area contributed by atoms with Crippen LogP contribution in [0.15, 0.2) is 30.3 Å². The first-order chi connectivity index (χ1) is 16.8. The van der Waals surface area contributed by atoms with Crippen molar-refractivity contribution in [2.24, 2.45) is 0 Å². The highest BCUT2D eigenvalue weighted by Gasteiger charge is 2.37. The van der Waals surface area contributed by atoms with Crippen LogP contribution in [0, 0.1) is 13.8 Å². The summed E-state index contributed by atoms with van der Waals surface area (Å²) in [6, 6.07) is 10.1. The number of carboxylic acids is 1. The van der Waals surface area contributed by atoms with Crippen molar-refractivity contribution in [3.63, 3.8) is 0 Å². The number of nitrogens with zero attached hydrogens (tertiary/aromatic N) is 3. The lowest BCUT2D eigenvalue weighted by Crippen LogP contribution is -2.44. The van der Waals surface area contributed by atoms with Crippen molar-refractivity contribution in [3.8, 4) is 11.1 Å². The molecule has 2 heterocycles. The Morgan fingerprint density at radius 2 is 1.86 bits per heavy atom. The maximum absolute atomic E-state index is 12.8. The van der Waals surface area contributed by atoms with Gasteiger partial charge in [0.05, 0.1) is 16.8 Å². The third-order valence-corrected chi connectivity index (χ3v) is 7.22. The molecule has 0 amide bonds. The quantitative estimate of drug-likeness (QED) is 0.404. The van der Waals surface area contributed by atoms with E-state index in [1.165, 1.54) is 5.69 Å². The van der Waals surface area contributed by atoms with Gasteiger partial charge < -0.3 is 24.2 Å². The highest BCUT2D eigenvalue weighted by Crippen LogP contribution is 2.48. The fourth-order valence-electron chi connectivity index (χ4n) is 5.41. The number of likely N-dealkylation sites (N-methyl/N-ethyl adjacent to an activating group) is 1. The van der Waals surface area contributed by atoms with Gasteiger partial charge in [0.1, 0.15) is 0 Å². The number of benzene rings is 2. The highest BCUT2D eigenvalue weighted by molar-refractivity contribution is 6.30. The van der Waals surface area contributed by atoms with Crippen LogP contribution in [0.1, 0.15) is 50.6 Å². The van der Waals surface area contributed by atoms with Gasteiger partial charge >= 0.3 is 5.97 Å². The number of halogens is 1. The predicted octanol–water partition coefficient (Wildman–Crippen LogP) is 6.29. The summed E-state index contributed by atoms with van der Waals surface area (Å²) in [5, 5.41) is 12.2. The molecule has 0 bridgehead atoms. The van der Waals surface area contributed by atoms with E-state index < -0.39 is 17.7 Å². The molecule has 36 heavy (non-hydrogen) atoms. The second-order valence-electron chi connectivity index (χ2n) is 11.2. The molecule has 7 heteroatoms.